The van der Waals surface area contributed by atoms with Crippen molar-refractivity contribution in [1.29, 1.82) is 0 Å². The SMILES string of the molecule is CCCCC1NCCCCC1CO. The second kappa shape index (κ2) is 6.39. The van der Waals surface area contributed by atoms with Crippen LogP contribution in [-0.4, -0.2) is 24.3 Å². The first-order valence-corrected chi connectivity index (χ1v) is 5.72. The minimum atomic E-state index is 0.362. The van der Waals surface area contributed by atoms with Crippen molar-refractivity contribution in [1.82, 2.24) is 5.32 Å². The molecule has 1 aliphatic heterocycles. The summed E-state index contributed by atoms with van der Waals surface area (Å²) < 4.78 is 0. The van der Waals surface area contributed by atoms with Gasteiger partial charge in [0.2, 0.25) is 0 Å². The lowest BCUT2D eigenvalue weighted by Gasteiger charge is -2.23. The van der Waals surface area contributed by atoms with E-state index in [4.69, 9.17) is 0 Å². The van der Waals surface area contributed by atoms with Gasteiger partial charge in [-0.1, -0.05) is 26.2 Å². The zero-order valence-electron chi connectivity index (χ0n) is 8.76. The highest BCUT2D eigenvalue weighted by molar-refractivity contribution is 4.78. The van der Waals surface area contributed by atoms with Crippen LogP contribution in [0.1, 0.15) is 45.4 Å². The van der Waals surface area contributed by atoms with Gasteiger partial charge in [-0.15, -0.1) is 0 Å². The summed E-state index contributed by atoms with van der Waals surface area (Å²) in [5.41, 5.74) is 0. The van der Waals surface area contributed by atoms with Crippen LogP contribution in [0.2, 0.25) is 0 Å². The van der Waals surface area contributed by atoms with E-state index < -0.39 is 0 Å². The maximum Gasteiger partial charge on any atom is 0.0474 e. The van der Waals surface area contributed by atoms with Gasteiger partial charge in [0.05, 0.1) is 0 Å². The normalized spacial score (nSPS) is 30.0. The lowest BCUT2D eigenvalue weighted by molar-refractivity contribution is 0.182. The second-order valence-corrected chi connectivity index (χ2v) is 4.14. The molecule has 0 aromatic carbocycles. The van der Waals surface area contributed by atoms with Gasteiger partial charge in [0.15, 0.2) is 0 Å². The predicted molar refractivity (Wildman–Crippen MR) is 55.7 cm³/mol. The molecule has 1 saturated heterocycles. The fourth-order valence-electron chi connectivity index (χ4n) is 2.17. The molecule has 13 heavy (non-hydrogen) atoms. The van der Waals surface area contributed by atoms with E-state index in [-0.39, 0.29) is 0 Å². The molecule has 1 fully saturated rings. The Morgan fingerprint density at radius 1 is 1.38 bits per heavy atom. The third kappa shape index (κ3) is 3.65. The molecule has 2 atom stereocenters. The van der Waals surface area contributed by atoms with Crippen molar-refractivity contribution >= 4 is 0 Å². The Kier molecular flexibility index (Phi) is 5.40. The highest BCUT2D eigenvalue weighted by atomic mass is 16.3. The molecule has 0 spiro atoms. The van der Waals surface area contributed by atoms with Crippen LogP contribution in [0.4, 0.5) is 0 Å². The summed E-state index contributed by atoms with van der Waals surface area (Å²) in [5.74, 6) is 0.508. The summed E-state index contributed by atoms with van der Waals surface area (Å²) in [6.45, 7) is 3.73. The highest BCUT2D eigenvalue weighted by Gasteiger charge is 2.21. The van der Waals surface area contributed by atoms with Crippen molar-refractivity contribution < 1.29 is 5.11 Å². The number of unbranched alkanes of at least 4 members (excludes halogenated alkanes) is 1. The van der Waals surface area contributed by atoms with Gasteiger partial charge < -0.3 is 10.4 Å². The highest BCUT2D eigenvalue weighted by Crippen LogP contribution is 2.19. The maximum atomic E-state index is 9.25. The van der Waals surface area contributed by atoms with E-state index in [1.54, 1.807) is 0 Å². The number of aliphatic hydroxyl groups is 1. The minimum absolute atomic E-state index is 0.362. The van der Waals surface area contributed by atoms with Crippen LogP contribution in [0.15, 0.2) is 0 Å². The molecule has 1 rings (SSSR count). The van der Waals surface area contributed by atoms with Crippen molar-refractivity contribution in [2.24, 2.45) is 5.92 Å². The minimum Gasteiger partial charge on any atom is -0.396 e. The van der Waals surface area contributed by atoms with Crippen LogP contribution in [0.25, 0.3) is 0 Å². The van der Waals surface area contributed by atoms with Crippen LogP contribution in [0.5, 0.6) is 0 Å². The fourth-order valence-corrected chi connectivity index (χ4v) is 2.17. The van der Waals surface area contributed by atoms with E-state index >= 15 is 0 Å². The van der Waals surface area contributed by atoms with Crippen LogP contribution >= 0.6 is 0 Å². The van der Waals surface area contributed by atoms with E-state index in [9.17, 15) is 5.11 Å². The van der Waals surface area contributed by atoms with Gasteiger partial charge in [0.25, 0.3) is 0 Å². The van der Waals surface area contributed by atoms with Crippen LogP contribution in [-0.2, 0) is 0 Å². The average Bonchev–Trinajstić information content (AvgIpc) is 2.39. The zero-order chi connectivity index (χ0) is 9.52. The molecule has 0 saturated carbocycles. The molecular formula is C11H23NO. The standard InChI is InChI=1S/C11H23NO/c1-2-3-7-11-10(9-13)6-4-5-8-12-11/h10-13H,2-9H2,1H3. The first-order chi connectivity index (χ1) is 6.38. The molecular weight excluding hydrogens is 162 g/mol. The number of hydrogen-bond acceptors (Lipinski definition) is 2. The molecule has 2 heteroatoms. The molecule has 1 heterocycles. The Morgan fingerprint density at radius 3 is 2.92 bits per heavy atom. The van der Waals surface area contributed by atoms with Gasteiger partial charge >= 0.3 is 0 Å². The molecule has 0 aromatic rings. The molecule has 1 aliphatic rings. The molecule has 0 aliphatic carbocycles. The van der Waals surface area contributed by atoms with Gasteiger partial charge in [-0.25, -0.2) is 0 Å². The first-order valence-electron chi connectivity index (χ1n) is 5.72. The topological polar surface area (TPSA) is 32.3 Å². The van der Waals surface area contributed by atoms with Crippen LogP contribution in [0, 0.1) is 5.92 Å². The average molecular weight is 185 g/mol. The zero-order valence-corrected chi connectivity index (χ0v) is 8.76. The Balaban J connectivity index is 2.34. The molecule has 0 bridgehead atoms. The predicted octanol–water partition coefficient (Wildman–Crippen LogP) is 1.93. The quantitative estimate of drug-likeness (QED) is 0.701. The molecule has 0 amide bonds. The lowest BCUT2D eigenvalue weighted by Crippen LogP contribution is -2.36. The molecule has 2 unspecified atom stereocenters. The fraction of sp³-hybridized carbons (Fsp3) is 1.00. The lowest BCUT2D eigenvalue weighted by atomic mass is 9.92. The van der Waals surface area contributed by atoms with Crippen molar-refractivity contribution in [2.45, 2.75) is 51.5 Å². The summed E-state index contributed by atoms with van der Waals surface area (Å²) in [7, 11) is 0. The first kappa shape index (κ1) is 11.0. The number of hydrogen-bond donors (Lipinski definition) is 2. The van der Waals surface area contributed by atoms with Gasteiger partial charge in [-0.05, 0) is 31.7 Å². The van der Waals surface area contributed by atoms with Crippen molar-refractivity contribution in [2.75, 3.05) is 13.2 Å². The van der Waals surface area contributed by atoms with Crippen molar-refractivity contribution in [3.8, 4) is 0 Å². The van der Waals surface area contributed by atoms with E-state index in [2.05, 4.69) is 12.2 Å². The van der Waals surface area contributed by atoms with Crippen LogP contribution in [0.3, 0.4) is 0 Å². The van der Waals surface area contributed by atoms with Crippen molar-refractivity contribution in [3.05, 3.63) is 0 Å². The Labute approximate surface area is 81.7 Å². The Bertz CT molecular complexity index is 127. The smallest absolute Gasteiger partial charge is 0.0474 e. The van der Waals surface area contributed by atoms with Gasteiger partial charge in [-0.2, -0.15) is 0 Å². The van der Waals surface area contributed by atoms with E-state index in [1.807, 2.05) is 0 Å². The number of rotatable bonds is 4. The van der Waals surface area contributed by atoms with E-state index in [1.165, 1.54) is 38.5 Å². The van der Waals surface area contributed by atoms with Gasteiger partial charge in [0.1, 0.15) is 0 Å². The second-order valence-electron chi connectivity index (χ2n) is 4.14. The molecule has 0 radical (unpaired) electrons. The maximum absolute atomic E-state index is 9.25. The summed E-state index contributed by atoms with van der Waals surface area (Å²) >= 11 is 0. The van der Waals surface area contributed by atoms with E-state index in [0.29, 0.717) is 18.6 Å². The third-order valence-corrected chi connectivity index (χ3v) is 3.08. The Hall–Kier alpha value is -0.0800. The van der Waals surface area contributed by atoms with Crippen LogP contribution < -0.4 is 5.32 Å². The number of nitrogens with one attached hydrogen (secondary N) is 1. The molecule has 2 nitrogen and oxygen atoms in total. The van der Waals surface area contributed by atoms with Gasteiger partial charge in [0, 0.05) is 12.6 Å². The molecule has 2 N–H and O–H groups in total. The summed E-state index contributed by atoms with van der Waals surface area (Å²) in [6, 6.07) is 0.576. The summed E-state index contributed by atoms with van der Waals surface area (Å²) in [6.07, 6.45) is 7.55. The third-order valence-electron chi connectivity index (χ3n) is 3.08. The Morgan fingerprint density at radius 2 is 2.23 bits per heavy atom. The monoisotopic (exact) mass is 185 g/mol. The largest absolute Gasteiger partial charge is 0.396 e. The van der Waals surface area contributed by atoms with Crippen molar-refractivity contribution in [3.63, 3.8) is 0 Å². The molecule has 0 aromatic heterocycles. The summed E-state index contributed by atoms with van der Waals surface area (Å²) in [4.78, 5) is 0. The summed E-state index contributed by atoms with van der Waals surface area (Å²) in [5, 5.41) is 12.8. The van der Waals surface area contributed by atoms with E-state index in [0.717, 1.165) is 6.54 Å². The van der Waals surface area contributed by atoms with Gasteiger partial charge in [-0.3, -0.25) is 0 Å². The molecule has 78 valence electrons. The number of aliphatic hydroxyl groups excluding tert-OH is 1.